The van der Waals surface area contributed by atoms with Gasteiger partial charge in [0.05, 0.1) is 0 Å². The molecule has 0 heterocycles. The first-order chi connectivity index (χ1) is 7.27. The van der Waals surface area contributed by atoms with Crippen LogP contribution in [0, 0.1) is 0 Å². The van der Waals surface area contributed by atoms with Crippen molar-refractivity contribution in [2.75, 3.05) is 20.1 Å². The Balaban J connectivity index is 2.08. The highest BCUT2D eigenvalue weighted by Gasteiger charge is 2.27. The summed E-state index contributed by atoms with van der Waals surface area (Å²) in [5, 5.41) is 3.31. The van der Waals surface area contributed by atoms with E-state index in [1.165, 1.54) is 51.6 Å². The summed E-state index contributed by atoms with van der Waals surface area (Å²) >= 11 is 0. The topological polar surface area (TPSA) is 15.3 Å². The zero-order valence-corrected chi connectivity index (χ0v) is 10.8. The summed E-state index contributed by atoms with van der Waals surface area (Å²) in [6.45, 7) is 7.20. The van der Waals surface area contributed by atoms with Crippen LogP contribution in [0.2, 0.25) is 0 Å². The van der Waals surface area contributed by atoms with Crippen molar-refractivity contribution >= 4 is 0 Å². The van der Waals surface area contributed by atoms with Gasteiger partial charge in [0.2, 0.25) is 0 Å². The lowest BCUT2D eigenvalue weighted by Gasteiger charge is -2.22. The molecule has 0 radical (unpaired) electrons. The van der Waals surface area contributed by atoms with Gasteiger partial charge >= 0.3 is 0 Å². The number of rotatable bonds is 9. The molecule has 1 unspecified atom stereocenters. The van der Waals surface area contributed by atoms with E-state index in [4.69, 9.17) is 0 Å². The first kappa shape index (κ1) is 13.0. The highest BCUT2D eigenvalue weighted by molar-refractivity contribution is 4.84. The van der Waals surface area contributed by atoms with Crippen LogP contribution in [0.3, 0.4) is 0 Å². The zero-order valence-electron chi connectivity index (χ0n) is 10.8. The van der Waals surface area contributed by atoms with Crippen molar-refractivity contribution in [1.82, 2.24) is 10.2 Å². The summed E-state index contributed by atoms with van der Waals surface area (Å²) in [6.07, 6.45) is 8.26. The molecule has 1 fully saturated rings. The second kappa shape index (κ2) is 7.24. The van der Waals surface area contributed by atoms with Gasteiger partial charge in [0.1, 0.15) is 0 Å². The van der Waals surface area contributed by atoms with E-state index in [2.05, 4.69) is 31.1 Å². The van der Waals surface area contributed by atoms with Crippen molar-refractivity contribution < 1.29 is 0 Å². The maximum atomic E-state index is 3.31. The van der Waals surface area contributed by atoms with Crippen LogP contribution in [0.5, 0.6) is 0 Å². The van der Waals surface area contributed by atoms with Crippen molar-refractivity contribution in [2.45, 2.75) is 64.5 Å². The van der Waals surface area contributed by atoms with Crippen LogP contribution in [0.1, 0.15) is 52.4 Å². The molecule has 0 spiro atoms. The van der Waals surface area contributed by atoms with E-state index in [0.717, 1.165) is 6.04 Å². The van der Waals surface area contributed by atoms with Gasteiger partial charge in [0.15, 0.2) is 0 Å². The van der Waals surface area contributed by atoms with Gasteiger partial charge in [-0.15, -0.1) is 0 Å². The highest BCUT2D eigenvalue weighted by atomic mass is 15.2. The van der Waals surface area contributed by atoms with Gasteiger partial charge in [0.25, 0.3) is 0 Å². The van der Waals surface area contributed by atoms with Crippen molar-refractivity contribution in [3.05, 3.63) is 0 Å². The van der Waals surface area contributed by atoms with Crippen molar-refractivity contribution in [1.29, 1.82) is 0 Å². The molecule has 1 atom stereocenters. The molecular weight excluding hydrogens is 184 g/mol. The molecule has 1 aliphatic rings. The molecule has 1 N–H and O–H groups in total. The Hall–Kier alpha value is -0.0800. The smallest absolute Gasteiger partial charge is 0.00964 e. The number of unbranched alkanes of at least 4 members (excludes halogenated alkanes) is 1. The summed E-state index contributed by atoms with van der Waals surface area (Å²) in [6, 6.07) is 1.62. The molecule has 0 saturated heterocycles. The van der Waals surface area contributed by atoms with E-state index >= 15 is 0 Å². The van der Waals surface area contributed by atoms with Crippen molar-refractivity contribution in [3.8, 4) is 0 Å². The van der Waals surface area contributed by atoms with Crippen LogP contribution in [0.25, 0.3) is 0 Å². The maximum Gasteiger partial charge on any atom is 0.00964 e. The fourth-order valence-corrected chi connectivity index (χ4v) is 2.02. The molecule has 0 aromatic carbocycles. The normalized spacial score (nSPS) is 18.4. The predicted octanol–water partition coefficient (Wildman–Crippen LogP) is 2.64. The van der Waals surface area contributed by atoms with Gasteiger partial charge in [-0.25, -0.2) is 0 Å². The summed E-state index contributed by atoms with van der Waals surface area (Å²) in [7, 11) is 2.06. The minimum absolute atomic E-state index is 0.678. The molecule has 90 valence electrons. The molecule has 1 aliphatic carbocycles. The van der Waals surface area contributed by atoms with Crippen LogP contribution < -0.4 is 5.32 Å². The Labute approximate surface area is 95.4 Å². The van der Waals surface area contributed by atoms with Gasteiger partial charge in [0, 0.05) is 12.1 Å². The molecule has 0 aromatic rings. The molecule has 1 rings (SSSR count). The third-order valence-electron chi connectivity index (χ3n) is 3.44. The SMILES string of the molecule is CCCCN(CCCC(C)NC)C1CC1. The molecule has 1 saturated carbocycles. The second-order valence-corrected chi connectivity index (χ2v) is 4.95. The molecule has 0 bridgehead atoms. The van der Waals surface area contributed by atoms with Gasteiger partial charge in [-0.05, 0) is 59.2 Å². The fraction of sp³-hybridized carbons (Fsp3) is 1.00. The highest BCUT2D eigenvalue weighted by Crippen LogP contribution is 2.27. The summed E-state index contributed by atoms with van der Waals surface area (Å²) < 4.78 is 0. The van der Waals surface area contributed by atoms with E-state index in [1.54, 1.807) is 0 Å². The Bertz CT molecular complexity index is 155. The average molecular weight is 212 g/mol. The first-order valence-corrected chi connectivity index (χ1v) is 6.69. The molecule has 15 heavy (non-hydrogen) atoms. The third kappa shape index (κ3) is 5.53. The second-order valence-electron chi connectivity index (χ2n) is 4.95. The van der Waals surface area contributed by atoms with Gasteiger partial charge in [-0.1, -0.05) is 13.3 Å². The summed E-state index contributed by atoms with van der Waals surface area (Å²) in [5.74, 6) is 0. The van der Waals surface area contributed by atoms with Crippen LogP contribution >= 0.6 is 0 Å². The zero-order chi connectivity index (χ0) is 11.1. The molecule has 0 amide bonds. The standard InChI is InChI=1S/C13H28N2/c1-4-5-10-15(13-8-9-13)11-6-7-12(2)14-3/h12-14H,4-11H2,1-3H3. The minimum Gasteiger partial charge on any atom is -0.317 e. The monoisotopic (exact) mass is 212 g/mol. The number of nitrogens with one attached hydrogen (secondary N) is 1. The lowest BCUT2D eigenvalue weighted by atomic mass is 10.1. The Morgan fingerprint density at radius 2 is 1.93 bits per heavy atom. The summed E-state index contributed by atoms with van der Waals surface area (Å²) in [5.41, 5.74) is 0. The number of hydrogen-bond acceptors (Lipinski definition) is 2. The number of hydrogen-bond donors (Lipinski definition) is 1. The first-order valence-electron chi connectivity index (χ1n) is 6.69. The molecular formula is C13H28N2. The van der Waals surface area contributed by atoms with Gasteiger partial charge in [-0.2, -0.15) is 0 Å². The maximum absolute atomic E-state index is 3.31. The Kier molecular flexibility index (Phi) is 6.26. The van der Waals surface area contributed by atoms with E-state index in [-0.39, 0.29) is 0 Å². The van der Waals surface area contributed by atoms with E-state index < -0.39 is 0 Å². The summed E-state index contributed by atoms with van der Waals surface area (Å²) in [4.78, 5) is 2.71. The Morgan fingerprint density at radius 1 is 1.27 bits per heavy atom. The fourth-order valence-electron chi connectivity index (χ4n) is 2.02. The van der Waals surface area contributed by atoms with Gasteiger partial charge in [-0.3, -0.25) is 0 Å². The minimum atomic E-state index is 0.678. The molecule has 0 aliphatic heterocycles. The van der Waals surface area contributed by atoms with Crippen LogP contribution in [-0.2, 0) is 0 Å². The van der Waals surface area contributed by atoms with E-state index in [1.807, 2.05) is 0 Å². The predicted molar refractivity (Wildman–Crippen MR) is 67.3 cm³/mol. The van der Waals surface area contributed by atoms with Crippen LogP contribution in [0.15, 0.2) is 0 Å². The lowest BCUT2D eigenvalue weighted by molar-refractivity contribution is 0.250. The Morgan fingerprint density at radius 3 is 2.47 bits per heavy atom. The van der Waals surface area contributed by atoms with Crippen molar-refractivity contribution in [3.63, 3.8) is 0 Å². The van der Waals surface area contributed by atoms with E-state index in [0.29, 0.717) is 6.04 Å². The van der Waals surface area contributed by atoms with Crippen molar-refractivity contribution in [2.24, 2.45) is 0 Å². The molecule has 0 aromatic heterocycles. The largest absolute Gasteiger partial charge is 0.317 e. The van der Waals surface area contributed by atoms with E-state index in [9.17, 15) is 0 Å². The number of nitrogens with zero attached hydrogens (tertiary/aromatic N) is 1. The van der Waals surface area contributed by atoms with Gasteiger partial charge < -0.3 is 10.2 Å². The van der Waals surface area contributed by atoms with Crippen LogP contribution in [0.4, 0.5) is 0 Å². The molecule has 2 heteroatoms. The lowest BCUT2D eigenvalue weighted by Crippen LogP contribution is -2.30. The van der Waals surface area contributed by atoms with Crippen LogP contribution in [-0.4, -0.2) is 37.1 Å². The molecule has 2 nitrogen and oxygen atoms in total. The average Bonchev–Trinajstić information content (AvgIpc) is 3.06. The third-order valence-corrected chi connectivity index (χ3v) is 3.44. The quantitative estimate of drug-likeness (QED) is 0.632.